The Labute approximate surface area is 107 Å². The summed E-state index contributed by atoms with van der Waals surface area (Å²) in [6.07, 6.45) is 2.95. The van der Waals surface area contributed by atoms with Crippen molar-refractivity contribution in [1.29, 1.82) is 0 Å². The zero-order chi connectivity index (χ0) is 11.8. The lowest BCUT2D eigenvalue weighted by Gasteiger charge is -2.15. The van der Waals surface area contributed by atoms with Crippen LogP contribution in [0.2, 0.25) is 5.02 Å². The van der Waals surface area contributed by atoms with Gasteiger partial charge in [-0.05, 0) is 25.1 Å². The normalized spacial score (nSPS) is 12.4. The van der Waals surface area contributed by atoms with Crippen LogP contribution in [0.25, 0.3) is 0 Å². The Morgan fingerprint density at radius 3 is 2.88 bits per heavy atom. The summed E-state index contributed by atoms with van der Waals surface area (Å²) < 4.78 is 0. The lowest BCUT2D eigenvalue weighted by atomic mass is 10.2. The summed E-state index contributed by atoms with van der Waals surface area (Å²) in [5, 5.41) is 4.27. The smallest absolute Gasteiger partial charge is 0.0541 e. The topological polar surface area (TPSA) is 12.0 Å². The van der Waals surface area contributed by atoms with Gasteiger partial charge in [0.2, 0.25) is 0 Å². The fraction of sp³-hybridized carbons (Fsp3) is 0.385. The molecule has 16 heavy (non-hydrogen) atoms. The van der Waals surface area contributed by atoms with E-state index in [4.69, 9.17) is 11.6 Å². The SMILES string of the molecule is C=CCC(CSc1ccccc1Cl)NCC. The maximum atomic E-state index is 6.10. The van der Waals surface area contributed by atoms with Crippen molar-refractivity contribution < 1.29 is 0 Å². The average molecular weight is 256 g/mol. The number of halogens is 1. The molecule has 1 rings (SSSR count). The molecule has 0 saturated heterocycles. The summed E-state index contributed by atoms with van der Waals surface area (Å²) in [5.74, 6) is 1.02. The lowest BCUT2D eigenvalue weighted by Crippen LogP contribution is -2.30. The molecule has 0 saturated carbocycles. The third kappa shape index (κ3) is 4.60. The molecule has 0 aliphatic rings. The minimum absolute atomic E-state index is 0.476. The summed E-state index contributed by atoms with van der Waals surface area (Å²) in [5.41, 5.74) is 0. The van der Waals surface area contributed by atoms with Crippen molar-refractivity contribution in [3.8, 4) is 0 Å². The molecular weight excluding hydrogens is 238 g/mol. The average Bonchev–Trinajstić information content (AvgIpc) is 2.28. The molecule has 0 spiro atoms. The number of hydrogen-bond acceptors (Lipinski definition) is 2. The van der Waals surface area contributed by atoms with E-state index >= 15 is 0 Å². The highest BCUT2D eigenvalue weighted by Crippen LogP contribution is 2.27. The van der Waals surface area contributed by atoms with Gasteiger partial charge < -0.3 is 5.32 Å². The van der Waals surface area contributed by atoms with E-state index in [0.717, 1.165) is 28.6 Å². The van der Waals surface area contributed by atoms with Gasteiger partial charge >= 0.3 is 0 Å². The Kier molecular flexibility index (Phi) is 6.62. The molecule has 0 fully saturated rings. The minimum Gasteiger partial charge on any atom is -0.313 e. The minimum atomic E-state index is 0.476. The van der Waals surface area contributed by atoms with Crippen molar-refractivity contribution in [2.24, 2.45) is 0 Å². The Balaban J connectivity index is 2.48. The van der Waals surface area contributed by atoms with Crippen molar-refractivity contribution in [2.45, 2.75) is 24.3 Å². The molecule has 3 heteroatoms. The van der Waals surface area contributed by atoms with Crippen LogP contribution in [0.4, 0.5) is 0 Å². The van der Waals surface area contributed by atoms with E-state index in [1.165, 1.54) is 0 Å². The van der Waals surface area contributed by atoms with Gasteiger partial charge in [0.1, 0.15) is 0 Å². The molecule has 0 heterocycles. The van der Waals surface area contributed by atoms with E-state index in [9.17, 15) is 0 Å². The summed E-state index contributed by atoms with van der Waals surface area (Å²) >= 11 is 7.89. The van der Waals surface area contributed by atoms with Crippen molar-refractivity contribution in [3.63, 3.8) is 0 Å². The molecule has 1 atom stereocenters. The van der Waals surface area contributed by atoms with E-state index in [0.29, 0.717) is 6.04 Å². The van der Waals surface area contributed by atoms with Crippen LogP contribution in [-0.4, -0.2) is 18.3 Å². The zero-order valence-electron chi connectivity index (χ0n) is 9.58. The highest BCUT2D eigenvalue weighted by Gasteiger charge is 2.07. The second-order valence-electron chi connectivity index (χ2n) is 3.52. The van der Waals surface area contributed by atoms with Crippen molar-refractivity contribution >= 4 is 23.4 Å². The van der Waals surface area contributed by atoms with E-state index in [1.807, 2.05) is 24.3 Å². The molecule has 0 aromatic heterocycles. The first kappa shape index (κ1) is 13.6. The van der Waals surface area contributed by atoms with Crippen LogP contribution in [0.15, 0.2) is 41.8 Å². The Bertz CT molecular complexity index is 327. The fourth-order valence-corrected chi connectivity index (χ4v) is 2.77. The van der Waals surface area contributed by atoms with Crippen LogP contribution in [0, 0.1) is 0 Å². The number of thioether (sulfide) groups is 1. The molecule has 0 aliphatic heterocycles. The molecular formula is C13H18ClNS. The third-order valence-electron chi connectivity index (χ3n) is 2.22. The molecule has 1 unspecified atom stereocenters. The van der Waals surface area contributed by atoms with Crippen LogP contribution in [0.5, 0.6) is 0 Å². The van der Waals surface area contributed by atoms with Crippen LogP contribution in [0.3, 0.4) is 0 Å². The predicted octanol–water partition coefficient (Wildman–Crippen LogP) is 3.99. The third-order valence-corrected chi connectivity index (χ3v) is 3.90. The van der Waals surface area contributed by atoms with Gasteiger partial charge in [-0.25, -0.2) is 0 Å². The Morgan fingerprint density at radius 1 is 1.50 bits per heavy atom. The summed E-state index contributed by atoms with van der Waals surface area (Å²) in [7, 11) is 0. The number of benzene rings is 1. The number of rotatable bonds is 7. The van der Waals surface area contributed by atoms with Gasteiger partial charge in [0, 0.05) is 16.7 Å². The molecule has 0 bridgehead atoms. The molecule has 1 aromatic rings. The van der Waals surface area contributed by atoms with Crippen LogP contribution < -0.4 is 5.32 Å². The molecule has 1 N–H and O–H groups in total. The van der Waals surface area contributed by atoms with Gasteiger partial charge in [0.15, 0.2) is 0 Å². The van der Waals surface area contributed by atoms with Gasteiger partial charge in [0.05, 0.1) is 5.02 Å². The van der Waals surface area contributed by atoms with Gasteiger partial charge in [-0.1, -0.05) is 36.7 Å². The standard InChI is InChI=1S/C13H18ClNS/c1-3-7-11(15-4-2)10-16-13-9-6-5-8-12(13)14/h3,5-6,8-9,11,15H,1,4,7,10H2,2H3. The first-order valence-corrected chi connectivity index (χ1v) is 6.86. The summed E-state index contributed by atoms with van der Waals surface area (Å²) in [6.45, 7) is 6.89. The monoisotopic (exact) mass is 255 g/mol. The van der Waals surface area contributed by atoms with Crippen LogP contribution in [0.1, 0.15) is 13.3 Å². The zero-order valence-corrected chi connectivity index (χ0v) is 11.2. The maximum Gasteiger partial charge on any atom is 0.0541 e. The van der Waals surface area contributed by atoms with Gasteiger partial charge in [-0.3, -0.25) is 0 Å². The van der Waals surface area contributed by atoms with E-state index in [-0.39, 0.29) is 0 Å². The highest BCUT2D eigenvalue weighted by atomic mass is 35.5. The van der Waals surface area contributed by atoms with Crippen molar-refractivity contribution in [2.75, 3.05) is 12.3 Å². The second-order valence-corrected chi connectivity index (χ2v) is 4.99. The van der Waals surface area contributed by atoms with Gasteiger partial charge in [0.25, 0.3) is 0 Å². The van der Waals surface area contributed by atoms with Crippen LogP contribution >= 0.6 is 23.4 Å². The fourth-order valence-electron chi connectivity index (χ4n) is 1.45. The van der Waals surface area contributed by atoms with Crippen molar-refractivity contribution in [1.82, 2.24) is 5.32 Å². The van der Waals surface area contributed by atoms with E-state index in [2.05, 4.69) is 24.9 Å². The molecule has 0 amide bonds. The largest absolute Gasteiger partial charge is 0.313 e. The Morgan fingerprint density at radius 2 is 2.25 bits per heavy atom. The molecule has 1 nitrogen and oxygen atoms in total. The quantitative estimate of drug-likeness (QED) is 0.584. The molecule has 0 radical (unpaired) electrons. The van der Waals surface area contributed by atoms with Crippen LogP contribution in [-0.2, 0) is 0 Å². The summed E-state index contributed by atoms with van der Waals surface area (Å²) in [4.78, 5) is 1.15. The molecule has 1 aromatic carbocycles. The lowest BCUT2D eigenvalue weighted by molar-refractivity contribution is 0.582. The highest BCUT2D eigenvalue weighted by molar-refractivity contribution is 7.99. The van der Waals surface area contributed by atoms with E-state index in [1.54, 1.807) is 11.8 Å². The number of hydrogen-bond donors (Lipinski definition) is 1. The second kappa shape index (κ2) is 7.77. The molecule has 0 aliphatic carbocycles. The maximum absolute atomic E-state index is 6.10. The summed E-state index contributed by atoms with van der Waals surface area (Å²) in [6, 6.07) is 8.44. The molecule has 88 valence electrons. The van der Waals surface area contributed by atoms with Gasteiger partial charge in [-0.2, -0.15) is 0 Å². The first-order chi connectivity index (χ1) is 7.77. The van der Waals surface area contributed by atoms with E-state index < -0.39 is 0 Å². The predicted molar refractivity (Wildman–Crippen MR) is 74.5 cm³/mol. The first-order valence-electron chi connectivity index (χ1n) is 5.49. The number of nitrogens with one attached hydrogen (secondary N) is 1. The van der Waals surface area contributed by atoms with Crippen molar-refractivity contribution in [3.05, 3.63) is 41.9 Å². The van der Waals surface area contributed by atoms with Gasteiger partial charge in [-0.15, -0.1) is 18.3 Å². The Hall–Kier alpha value is -0.440.